The summed E-state index contributed by atoms with van der Waals surface area (Å²) >= 11 is 0. The second kappa shape index (κ2) is 5.92. The lowest BCUT2D eigenvalue weighted by molar-refractivity contribution is -0.385. The molecule has 0 fully saturated rings. The Morgan fingerprint density at radius 1 is 1.28 bits per heavy atom. The maximum atomic E-state index is 11.3. The number of nitro benzene ring substituents is 1. The first-order valence-electron chi connectivity index (χ1n) is 8.44. The normalized spacial score (nSPS) is 23.5. The average Bonchev–Trinajstić information content (AvgIpc) is 3.10. The molecule has 1 aliphatic heterocycles. The Hall–Kier alpha value is -2.82. The van der Waals surface area contributed by atoms with Gasteiger partial charge in [-0.3, -0.25) is 10.1 Å². The molecule has 128 valence electrons. The zero-order chi connectivity index (χ0) is 17.6. The molecule has 0 aromatic heterocycles. The lowest BCUT2D eigenvalue weighted by Crippen LogP contribution is -2.29. The first-order chi connectivity index (χ1) is 12.1. The van der Waals surface area contributed by atoms with Crippen molar-refractivity contribution in [3.8, 4) is 5.75 Å². The van der Waals surface area contributed by atoms with Gasteiger partial charge in [0.2, 0.25) is 0 Å². The van der Waals surface area contributed by atoms with E-state index in [1.165, 1.54) is 17.2 Å². The highest BCUT2D eigenvalue weighted by molar-refractivity contribution is 5.71. The smallest absolute Gasteiger partial charge is 0.273 e. The molecule has 1 aliphatic carbocycles. The van der Waals surface area contributed by atoms with E-state index in [0.717, 1.165) is 17.7 Å². The maximum Gasteiger partial charge on any atom is 0.273 e. The van der Waals surface area contributed by atoms with Crippen LogP contribution in [0.2, 0.25) is 0 Å². The Kier molecular flexibility index (Phi) is 3.71. The van der Waals surface area contributed by atoms with Crippen LogP contribution in [0.25, 0.3) is 0 Å². The molecule has 4 rings (SSSR count). The molecule has 1 heterocycles. The van der Waals surface area contributed by atoms with Gasteiger partial charge in [0.25, 0.3) is 5.69 Å². The van der Waals surface area contributed by atoms with Gasteiger partial charge < -0.3 is 10.1 Å². The summed E-state index contributed by atoms with van der Waals surface area (Å²) in [4.78, 5) is 10.9. The van der Waals surface area contributed by atoms with E-state index in [2.05, 4.69) is 48.7 Å². The van der Waals surface area contributed by atoms with E-state index in [9.17, 15) is 10.1 Å². The van der Waals surface area contributed by atoms with E-state index in [4.69, 9.17) is 4.74 Å². The summed E-state index contributed by atoms with van der Waals surface area (Å²) in [5, 5.41) is 14.9. The molecule has 2 aromatic carbocycles. The monoisotopic (exact) mass is 336 g/mol. The number of fused-ring (bicyclic) bond motifs is 3. The number of benzene rings is 2. The number of rotatable bonds is 3. The van der Waals surface area contributed by atoms with Crippen molar-refractivity contribution in [1.29, 1.82) is 0 Å². The Labute approximate surface area is 146 Å². The van der Waals surface area contributed by atoms with Crippen LogP contribution >= 0.6 is 0 Å². The molecule has 2 aromatic rings. The van der Waals surface area contributed by atoms with Crippen LogP contribution in [0.1, 0.15) is 35.1 Å². The van der Waals surface area contributed by atoms with Gasteiger partial charge in [-0.05, 0) is 30.4 Å². The van der Waals surface area contributed by atoms with E-state index >= 15 is 0 Å². The van der Waals surface area contributed by atoms with Crippen LogP contribution in [0.5, 0.6) is 5.75 Å². The molecule has 0 amide bonds. The second-order valence-corrected chi connectivity index (χ2v) is 6.76. The summed E-state index contributed by atoms with van der Waals surface area (Å²) in [6, 6.07) is 11.9. The van der Waals surface area contributed by atoms with E-state index in [1.807, 2.05) is 0 Å². The SMILES string of the molecule is COc1cc([N+](=O)[O-])cc2c1N[C@H](c1cccc(C)c1)[C@H]1CC=C[C@H]21. The number of aryl methyl sites for hydroxylation is 1. The predicted octanol–water partition coefficient (Wildman–Crippen LogP) is 4.74. The summed E-state index contributed by atoms with van der Waals surface area (Å²) in [5.41, 5.74) is 4.36. The van der Waals surface area contributed by atoms with Gasteiger partial charge >= 0.3 is 0 Å². The molecule has 25 heavy (non-hydrogen) atoms. The minimum atomic E-state index is -0.358. The van der Waals surface area contributed by atoms with E-state index in [-0.39, 0.29) is 22.6 Å². The van der Waals surface area contributed by atoms with Crippen molar-refractivity contribution in [3.63, 3.8) is 0 Å². The minimum Gasteiger partial charge on any atom is -0.494 e. The van der Waals surface area contributed by atoms with Gasteiger partial charge in [0.15, 0.2) is 0 Å². The molecule has 1 N–H and O–H groups in total. The van der Waals surface area contributed by atoms with Crippen molar-refractivity contribution in [3.05, 3.63) is 75.4 Å². The molecule has 0 bridgehead atoms. The quantitative estimate of drug-likeness (QED) is 0.499. The number of hydrogen-bond acceptors (Lipinski definition) is 4. The summed E-state index contributed by atoms with van der Waals surface area (Å²) < 4.78 is 5.47. The molecular weight excluding hydrogens is 316 g/mol. The predicted molar refractivity (Wildman–Crippen MR) is 97.2 cm³/mol. The molecule has 3 atom stereocenters. The number of nitrogens with zero attached hydrogens (tertiary/aromatic N) is 1. The van der Waals surface area contributed by atoms with Crippen LogP contribution in [0.4, 0.5) is 11.4 Å². The highest BCUT2D eigenvalue weighted by Gasteiger charge is 2.40. The average molecular weight is 336 g/mol. The Balaban J connectivity index is 1.85. The van der Waals surface area contributed by atoms with Gasteiger partial charge in [-0.15, -0.1) is 0 Å². The topological polar surface area (TPSA) is 64.4 Å². The first kappa shape index (κ1) is 15.7. The van der Waals surface area contributed by atoms with E-state index in [0.29, 0.717) is 11.7 Å². The molecule has 5 nitrogen and oxygen atoms in total. The fraction of sp³-hybridized carbons (Fsp3) is 0.300. The Morgan fingerprint density at radius 3 is 2.84 bits per heavy atom. The fourth-order valence-electron chi connectivity index (χ4n) is 4.11. The summed E-state index contributed by atoms with van der Waals surface area (Å²) in [7, 11) is 1.55. The molecule has 5 heteroatoms. The highest BCUT2D eigenvalue weighted by Crippen LogP contribution is 2.53. The van der Waals surface area contributed by atoms with E-state index < -0.39 is 0 Å². The zero-order valence-corrected chi connectivity index (χ0v) is 14.2. The van der Waals surface area contributed by atoms with Gasteiger partial charge in [-0.25, -0.2) is 0 Å². The summed E-state index contributed by atoms with van der Waals surface area (Å²) in [5.74, 6) is 1.04. The van der Waals surface area contributed by atoms with Crippen LogP contribution < -0.4 is 10.1 Å². The molecular formula is C20H20N2O3. The number of non-ortho nitro benzene ring substituents is 1. The van der Waals surface area contributed by atoms with Crippen LogP contribution in [0.3, 0.4) is 0 Å². The number of allylic oxidation sites excluding steroid dienone is 2. The van der Waals surface area contributed by atoms with Gasteiger partial charge in [0, 0.05) is 12.0 Å². The van der Waals surface area contributed by atoms with Gasteiger partial charge in [0.1, 0.15) is 5.75 Å². The van der Waals surface area contributed by atoms with Crippen molar-refractivity contribution in [2.75, 3.05) is 12.4 Å². The minimum absolute atomic E-state index is 0.0745. The van der Waals surface area contributed by atoms with Crippen molar-refractivity contribution in [2.45, 2.75) is 25.3 Å². The van der Waals surface area contributed by atoms with Crippen molar-refractivity contribution < 1.29 is 9.66 Å². The van der Waals surface area contributed by atoms with Crippen LogP contribution in [-0.2, 0) is 0 Å². The third-order valence-corrected chi connectivity index (χ3v) is 5.25. The third-order valence-electron chi connectivity index (χ3n) is 5.25. The van der Waals surface area contributed by atoms with Crippen molar-refractivity contribution in [1.82, 2.24) is 0 Å². The third kappa shape index (κ3) is 2.56. The number of anilines is 1. The largest absolute Gasteiger partial charge is 0.494 e. The molecule has 2 aliphatic rings. The first-order valence-corrected chi connectivity index (χ1v) is 8.44. The van der Waals surface area contributed by atoms with Gasteiger partial charge in [0.05, 0.1) is 29.8 Å². The second-order valence-electron chi connectivity index (χ2n) is 6.76. The number of ether oxygens (including phenoxy) is 1. The number of nitro groups is 1. The standard InChI is InChI=1S/C20H20N2O3/c1-12-5-3-6-13(9-12)19-16-8-4-7-15(16)17-10-14(22(23)24)11-18(25-2)20(17)21-19/h3-7,9-11,15-16,19,21H,8H2,1-2H3/t15-,16-,19+/m0/s1. The van der Waals surface area contributed by atoms with Gasteiger partial charge in [-0.1, -0.05) is 42.0 Å². The number of hydrogen-bond donors (Lipinski definition) is 1. The van der Waals surface area contributed by atoms with E-state index in [1.54, 1.807) is 13.2 Å². The lowest BCUT2D eigenvalue weighted by Gasteiger charge is -2.38. The Morgan fingerprint density at radius 2 is 2.12 bits per heavy atom. The Bertz CT molecular complexity index is 875. The number of methoxy groups -OCH3 is 1. The van der Waals surface area contributed by atoms with Crippen LogP contribution in [0, 0.1) is 23.0 Å². The zero-order valence-electron chi connectivity index (χ0n) is 14.2. The fourth-order valence-corrected chi connectivity index (χ4v) is 4.11. The molecule has 0 radical (unpaired) electrons. The number of nitrogens with one attached hydrogen (secondary N) is 1. The molecule has 0 saturated heterocycles. The highest BCUT2D eigenvalue weighted by atomic mass is 16.6. The summed E-state index contributed by atoms with van der Waals surface area (Å²) in [6.45, 7) is 2.09. The van der Waals surface area contributed by atoms with Gasteiger partial charge in [-0.2, -0.15) is 0 Å². The van der Waals surface area contributed by atoms with Crippen molar-refractivity contribution >= 4 is 11.4 Å². The molecule has 0 saturated carbocycles. The van der Waals surface area contributed by atoms with Crippen LogP contribution in [0.15, 0.2) is 48.6 Å². The maximum absolute atomic E-state index is 11.3. The molecule has 0 unspecified atom stereocenters. The lowest BCUT2D eigenvalue weighted by atomic mass is 9.76. The summed E-state index contributed by atoms with van der Waals surface area (Å²) in [6.07, 6.45) is 5.32. The van der Waals surface area contributed by atoms with Crippen molar-refractivity contribution in [2.24, 2.45) is 5.92 Å². The van der Waals surface area contributed by atoms with Crippen LogP contribution in [-0.4, -0.2) is 12.0 Å². The molecule has 0 spiro atoms.